The first-order chi connectivity index (χ1) is 13.9. The second kappa shape index (κ2) is 9.61. The number of anilines is 1. The fraction of sp³-hybridized carbons (Fsp3) is 0.619. The fourth-order valence-corrected chi connectivity index (χ4v) is 4.76. The molecule has 29 heavy (non-hydrogen) atoms. The monoisotopic (exact) mass is 421 g/mol. The highest BCUT2D eigenvalue weighted by atomic mass is 32.2. The molecule has 1 fully saturated rings. The predicted octanol–water partition coefficient (Wildman–Crippen LogP) is 3.81. The smallest absolute Gasteiger partial charge is 0.324 e. The van der Waals surface area contributed by atoms with Crippen molar-refractivity contribution in [1.29, 1.82) is 0 Å². The Kier molecular flexibility index (Phi) is 7.16. The minimum absolute atomic E-state index is 0.361. The summed E-state index contributed by atoms with van der Waals surface area (Å²) < 4.78 is 34.6. The summed E-state index contributed by atoms with van der Waals surface area (Å²) in [6.07, 6.45) is 7.45. The summed E-state index contributed by atoms with van der Waals surface area (Å²) in [7, 11) is -3.19. The van der Waals surface area contributed by atoms with Gasteiger partial charge in [-0.15, -0.1) is 0 Å². The van der Waals surface area contributed by atoms with Gasteiger partial charge in [0.25, 0.3) is 0 Å². The van der Waals surface area contributed by atoms with E-state index >= 15 is 0 Å². The zero-order chi connectivity index (χ0) is 20.9. The van der Waals surface area contributed by atoms with Gasteiger partial charge in [0.1, 0.15) is 5.75 Å². The third kappa shape index (κ3) is 5.95. The first kappa shape index (κ1) is 21.6. The van der Waals surface area contributed by atoms with Crippen molar-refractivity contribution in [3.63, 3.8) is 0 Å². The molecule has 1 aromatic carbocycles. The Balaban J connectivity index is 1.38. The average molecular weight is 422 g/mol. The number of hydrogen-bond acceptors (Lipinski definition) is 7. The number of ether oxygens (including phenoxy) is 1. The number of rotatable bonds is 9. The number of aryl methyl sites for hydroxylation is 2. The molecule has 2 heterocycles. The highest BCUT2D eigenvalue weighted by Gasteiger charge is 2.22. The second-order valence-electron chi connectivity index (χ2n) is 7.86. The molecule has 0 unspecified atom stereocenters. The maximum atomic E-state index is 11.7. The molecule has 8 heteroatoms. The minimum atomic E-state index is -3.19. The van der Waals surface area contributed by atoms with E-state index in [4.69, 9.17) is 9.26 Å². The van der Waals surface area contributed by atoms with Gasteiger partial charge < -0.3 is 14.2 Å². The van der Waals surface area contributed by atoms with Gasteiger partial charge in [-0.2, -0.15) is 4.98 Å². The zero-order valence-corrected chi connectivity index (χ0v) is 18.4. The molecule has 0 bridgehead atoms. The number of piperidine rings is 1. The standard InChI is InChI=1S/C21H31N3O4S/c1-4-6-20-22-21(28-23-20)24-12-10-17(11-13-24)7-5-14-27-18-8-9-19(16(2)15-18)29(3,25)26/h8-9,15,17H,4-7,10-14H2,1-3H3. The summed E-state index contributed by atoms with van der Waals surface area (Å²) in [5, 5.41) is 4.04. The van der Waals surface area contributed by atoms with Crippen molar-refractivity contribution in [2.24, 2.45) is 5.92 Å². The first-order valence-electron chi connectivity index (χ1n) is 10.4. The van der Waals surface area contributed by atoms with Crippen molar-refractivity contribution in [2.75, 3.05) is 30.9 Å². The van der Waals surface area contributed by atoms with Gasteiger partial charge in [-0.3, -0.25) is 0 Å². The van der Waals surface area contributed by atoms with Crippen LogP contribution in [0, 0.1) is 12.8 Å². The Morgan fingerprint density at radius 2 is 2.03 bits per heavy atom. The summed E-state index contributed by atoms with van der Waals surface area (Å²) in [6.45, 7) is 6.45. The Hall–Kier alpha value is -2.09. The largest absolute Gasteiger partial charge is 0.494 e. The van der Waals surface area contributed by atoms with Gasteiger partial charge in [0.15, 0.2) is 15.7 Å². The summed E-state index contributed by atoms with van der Waals surface area (Å²) in [4.78, 5) is 7.02. The van der Waals surface area contributed by atoms with Crippen LogP contribution in [0.1, 0.15) is 50.4 Å². The number of nitrogens with zero attached hydrogens (tertiary/aromatic N) is 3. The SMILES string of the molecule is CCCc1noc(N2CCC(CCCOc3ccc(S(C)(=O)=O)c(C)c3)CC2)n1. The molecule has 7 nitrogen and oxygen atoms in total. The van der Waals surface area contributed by atoms with Crippen molar-refractivity contribution in [3.8, 4) is 5.75 Å². The molecule has 1 aliphatic heterocycles. The van der Waals surface area contributed by atoms with Crippen LogP contribution < -0.4 is 9.64 Å². The quantitative estimate of drug-likeness (QED) is 0.569. The molecule has 0 amide bonds. The lowest BCUT2D eigenvalue weighted by atomic mass is 9.92. The van der Waals surface area contributed by atoms with E-state index in [2.05, 4.69) is 22.0 Å². The Labute approximate surface area is 173 Å². The van der Waals surface area contributed by atoms with E-state index in [1.807, 2.05) is 0 Å². The van der Waals surface area contributed by atoms with Crippen LogP contribution in [0.2, 0.25) is 0 Å². The zero-order valence-electron chi connectivity index (χ0n) is 17.6. The average Bonchev–Trinajstić information content (AvgIpc) is 3.14. The number of aromatic nitrogens is 2. The van der Waals surface area contributed by atoms with Crippen LogP contribution in [0.5, 0.6) is 5.75 Å². The molecule has 0 N–H and O–H groups in total. The van der Waals surface area contributed by atoms with Crippen LogP contribution in [0.4, 0.5) is 6.01 Å². The van der Waals surface area contributed by atoms with E-state index < -0.39 is 9.84 Å². The lowest BCUT2D eigenvalue weighted by Crippen LogP contribution is -2.34. The predicted molar refractivity (Wildman–Crippen MR) is 112 cm³/mol. The van der Waals surface area contributed by atoms with Crippen molar-refractivity contribution >= 4 is 15.9 Å². The Morgan fingerprint density at radius 1 is 1.28 bits per heavy atom. The number of benzene rings is 1. The van der Waals surface area contributed by atoms with E-state index in [9.17, 15) is 8.42 Å². The highest BCUT2D eigenvalue weighted by molar-refractivity contribution is 7.90. The van der Waals surface area contributed by atoms with E-state index in [1.165, 1.54) is 6.26 Å². The molecule has 1 saturated heterocycles. The molecule has 1 aliphatic rings. The first-order valence-corrected chi connectivity index (χ1v) is 12.3. The molecule has 0 radical (unpaired) electrons. The van der Waals surface area contributed by atoms with Crippen LogP contribution in [-0.4, -0.2) is 44.5 Å². The second-order valence-corrected chi connectivity index (χ2v) is 9.85. The molecular weight excluding hydrogens is 390 g/mol. The van der Waals surface area contributed by atoms with E-state index in [1.54, 1.807) is 25.1 Å². The molecule has 3 rings (SSSR count). The summed E-state index contributed by atoms with van der Waals surface area (Å²) in [6, 6.07) is 5.81. The van der Waals surface area contributed by atoms with Gasteiger partial charge in [0, 0.05) is 25.8 Å². The fourth-order valence-electron chi connectivity index (χ4n) is 3.80. The summed E-state index contributed by atoms with van der Waals surface area (Å²) in [5.41, 5.74) is 0.723. The van der Waals surface area contributed by atoms with E-state index in [0.717, 1.165) is 68.8 Å². The van der Waals surface area contributed by atoms with Crippen molar-refractivity contribution < 1.29 is 17.7 Å². The topological polar surface area (TPSA) is 85.5 Å². The van der Waals surface area contributed by atoms with Gasteiger partial charge in [-0.05, 0) is 68.7 Å². The molecule has 0 saturated carbocycles. The van der Waals surface area contributed by atoms with Crippen molar-refractivity contribution in [2.45, 2.75) is 57.3 Å². The van der Waals surface area contributed by atoms with E-state index in [0.29, 0.717) is 23.4 Å². The lowest BCUT2D eigenvalue weighted by molar-refractivity contribution is 0.276. The van der Waals surface area contributed by atoms with Crippen LogP contribution >= 0.6 is 0 Å². The Morgan fingerprint density at radius 3 is 2.69 bits per heavy atom. The highest BCUT2D eigenvalue weighted by Crippen LogP contribution is 2.26. The lowest BCUT2D eigenvalue weighted by Gasteiger charge is -2.30. The third-order valence-electron chi connectivity index (χ3n) is 5.39. The van der Waals surface area contributed by atoms with Crippen molar-refractivity contribution in [1.82, 2.24) is 10.1 Å². The molecule has 1 aromatic heterocycles. The minimum Gasteiger partial charge on any atom is -0.494 e. The van der Waals surface area contributed by atoms with Crippen molar-refractivity contribution in [3.05, 3.63) is 29.6 Å². The molecular formula is C21H31N3O4S. The van der Waals surface area contributed by atoms with Crippen LogP contribution in [0.15, 0.2) is 27.6 Å². The van der Waals surface area contributed by atoms with Gasteiger partial charge >= 0.3 is 6.01 Å². The van der Waals surface area contributed by atoms with Crippen LogP contribution in [0.3, 0.4) is 0 Å². The van der Waals surface area contributed by atoms with Gasteiger partial charge in [-0.25, -0.2) is 8.42 Å². The van der Waals surface area contributed by atoms with E-state index in [-0.39, 0.29) is 0 Å². The molecule has 2 aromatic rings. The number of hydrogen-bond donors (Lipinski definition) is 0. The number of sulfone groups is 1. The Bertz CT molecular complexity index is 902. The maximum Gasteiger partial charge on any atom is 0.324 e. The molecule has 160 valence electrons. The summed E-state index contributed by atoms with van der Waals surface area (Å²) >= 11 is 0. The third-order valence-corrected chi connectivity index (χ3v) is 6.64. The van der Waals surface area contributed by atoms with Crippen LogP contribution in [0.25, 0.3) is 0 Å². The summed E-state index contributed by atoms with van der Waals surface area (Å²) in [5.74, 6) is 2.20. The van der Waals surface area contributed by atoms with Gasteiger partial charge in [0.05, 0.1) is 11.5 Å². The van der Waals surface area contributed by atoms with Gasteiger partial charge in [0.2, 0.25) is 0 Å². The molecule has 0 atom stereocenters. The normalized spacial score (nSPS) is 15.6. The molecule has 0 aliphatic carbocycles. The van der Waals surface area contributed by atoms with Crippen LogP contribution in [-0.2, 0) is 16.3 Å². The molecule has 0 spiro atoms. The maximum absolute atomic E-state index is 11.7. The van der Waals surface area contributed by atoms with Gasteiger partial charge in [-0.1, -0.05) is 12.1 Å².